The van der Waals surface area contributed by atoms with Gasteiger partial charge in [0.15, 0.2) is 4.96 Å². The number of nitrogens with zero attached hydrogens (tertiary/aromatic N) is 2. The summed E-state index contributed by atoms with van der Waals surface area (Å²) < 4.78 is 3.17. The zero-order chi connectivity index (χ0) is 14.4. The first-order valence-corrected chi connectivity index (χ1v) is 7.50. The van der Waals surface area contributed by atoms with Crippen LogP contribution in [0.5, 0.6) is 0 Å². The van der Waals surface area contributed by atoms with Gasteiger partial charge in [-0.3, -0.25) is 9.20 Å². The maximum absolute atomic E-state index is 10.9. The van der Waals surface area contributed by atoms with Crippen LogP contribution >= 0.6 is 11.3 Å². The summed E-state index contributed by atoms with van der Waals surface area (Å²) in [6.07, 6.45) is 2.93. The highest BCUT2D eigenvalue weighted by Crippen LogP contribution is 2.30. The fraction of sp³-hybridized carbons (Fsp3) is 0.0588. The van der Waals surface area contributed by atoms with Gasteiger partial charge in [-0.2, -0.15) is 0 Å². The van der Waals surface area contributed by atoms with E-state index in [1.807, 2.05) is 24.3 Å². The third-order valence-electron chi connectivity index (χ3n) is 3.57. The van der Waals surface area contributed by atoms with Crippen molar-refractivity contribution in [3.8, 4) is 11.3 Å². The summed E-state index contributed by atoms with van der Waals surface area (Å²) >= 11 is 1.60. The molecule has 4 aromatic rings. The molecule has 0 unspecified atom stereocenters. The number of hydrogen-bond donors (Lipinski definition) is 0. The van der Waals surface area contributed by atoms with Crippen LogP contribution in [0.1, 0.15) is 15.9 Å². The number of carbonyl (C=O) groups excluding carboxylic acids is 1. The van der Waals surface area contributed by atoms with Gasteiger partial charge in [0.25, 0.3) is 0 Å². The van der Waals surface area contributed by atoms with Crippen molar-refractivity contribution in [2.75, 3.05) is 0 Å². The van der Waals surface area contributed by atoms with E-state index in [4.69, 9.17) is 4.98 Å². The van der Waals surface area contributed by atoms with Crippen molar-refractivity contribution in [2.45, 2.75) is 6.92 Å². The van der Waals surface area contributed by atoms with Gasteiger partial charge >= 0.3 is 0 Å². The molecule has 21 heavy (non-hydrogen) atoms. The van der Waals surface area contributed by atoms with Gasteiger partial charge in [-0.05, 0) is 31.2 Å². The van der Waals surface area contributed by atoms with Gasteiger partial charge in [-0.25, -0.2) is 4.98 Å². The minimum atomic E-state index is 0.700. The molecule has 4 heteroatoms. The van der Waals surface area contributed by atoms with Crippen molar-refractivity contribution in [3.05, 3.63) is 59.8 Å². The highest BCUT2D eigenvalue weighted by molar-refractivity contribution is 7.23. The van der Waals surface area contributed by atoms with E-state index in [1.165, 1.54) is 5.56 Å². The lowest BCUT2D eigenvalue weighted by molar-refractivity contribution is 0.112. The summed E-state index contributed by atoms with van der Waals surface area (Å²) in [5, 5.41) is 0. The van der Waals surface area contributed by atoms with E-state index in [2.05, 4.69) is 35.7 Å². The molecule has 0 spiro atoms. The van der Waals surface area contributed by atoms with Crippen LogP contribution in [0.2, 0.25) is 0 Å². The summed E-state index contributed by atoms with van der Waals surface area (Å²) in [5.74, 6) is 0. The summed E-state index contributed by atoms with van der Waals surface area (Å²) in [6, 6.07) is 14.1. The SMILES string of the molecule is Cc1cccc(-c2cn3c(n2)sc2cc(C=O)ccc23)c1. The number of rotatable bonds is 2. The lowest BCUT2D eigenvalue weighted by atomic mass is 10.1. The summed E-state index contributed by atoms with van der Waals surface area (Å²) in [5.41, 5.74) is 5.12. The van der Waals surface area contributed by atoms with Gasteiger partial charge < -0.3 is 0 Å². The number of benzene rings is 2. The van der Waals surface area contributed by atoms with Crippen LogP contribution in [-0.4, -0.2) is 15.7 Å². The lowest BCUT2D eigenvalue weighted by Crippen LogP contribution is -1.81. The number of fused-ring (bicyclic) bond motifs is 3. The second-order valence-electron chi connectivity index (χ2n) is 5.10. The summed E-state index contributed by atoms with van der Waals surface area (Å²) in [7, 11) is 0. The fourth-order valence-electron chi connectivity index (χ4n) is 2.53. The Labute approximate surface area is 125 Å². The molecule has 0 aliphatic heterocycles. The zero-order valence-corrected chi connectivity index (χ0v) is 12.2. The fourth-order valence-corrected chi connectivity index (χ4v) is 3.59. The Morgan fingerprint density at radius 1 is 1.19 bits per heavy atom. The molecule has 0 fully saturated rings. The molecule has 3 nitrogen and oxygen atoms in total. The normalized spacial score (nSPS) is 11.3. The van der Waals surface area contributed by atoms with Crippen LogP contribution in [0.25, 0.3) is 26.4 Å². The molecular formula is C17H12N2OS. The molecule has 0 bridgehead atoms. The maximum Gasteiger partial charge on any atom is 0.195 e. The quantitative estimate of drug-likeness (QED) is 0.515. The Morgan fingerprint density at radius 3 is 2.90 bits per heavy atom. The molecule has 102 valence electrons. The Balaban J connectivity index is 1.93. The second-order valence-corrected chi connectivity index (χ2v) is 6.10. The molecule has 0 N–H and O–H groups in total. The molecule has 0 atom stereocenters. The van der Waals surface area contributed by atoms with Crippen LogP contribution < -0.4 is 0 Å². The van der Waals surface area contributed by atoms with Crippen molar-refractivity contribution < 1.29 is 4.79 Å². The predicted octanol–water partition coefficient (Wildman–Crippen LogP) is 4.34. The molecule has 0 radical (unpaired) electrons. The molecule has 0 aliphatic carbocycles. The van der Waals surface area contributed by atoms with Crippen molar-refractivity contribution in [1.29, 1.82) is 0 Å². The van der Waals surface area contributed by atoms with E-state index in [0.29, 0.717) is 5.56 Å². The molecule has 0 amide bonds. The van der Waals surface area contributed by atoms with Gasteiger partial charge in [0.2, 0.25) is 0 Å². The standard InChI is InChI=1S/C17H12N2OS/c1-11-3-2-4-13(7-11)14-9-19-15-6-5-12(10-20)8-16(15)21-17(19)18-14/h2-10H,1H3. The molecule has 2 aromatic heterocycles. The van der Waals surface area contributed by atoms with Gasteiger partial charge in [0.05, 0.1) is 15.9 Å². The van der Waals surface area contributed by atoms with Crippen molar-refractivity contribution in [1.82, 2.24) is 9.38 Å². The van der Waals surface area contributed by atoms with Crippen molar-refractivity contribution in [2.24, 2.45) is 0 Å². The van der Waals surface area contributed by atoms with E-state index in [-0.39, 0.29) is 0 Å². The Kier molecular flexibility index (Phi) is 2.65. The highest BCUT2D eigenvalue weighted by atomic mass is 32.1. The maximum atomic E-state index is 10.9. The van der Waals surface area contributed by atoms with Crippen molar-refractivity contribution in [3.63, 3.8) is 0 Å². The van der Waals surface area contributed by atoms with Crippen LogP contribution in [0.3, 0.4) is 0 Å². The lowest BCUT2D eigenvalue weighted by Gasteiger charge is -1.97. The molecule has 0 saturated heterocycles. The van der Waals surface area contributed by atoms with Gasteiger partial charge in [-0.15, -0.1) is 0 Å². The van der Waals surface area contributed by atoms with Gasteiger partial charge in [-0.1, -0.05) is 35.1 Å². The highest BCUT2D eigenvalue weighted by Gasteiger charge is 2.10. The van der Waals surface area contributed by atoms with E-state index in [1.54, 1.807) is 11.3 Å². The molecule has 4 rings (SSSR count). The Bertz CT molecular complexity index is 981. The Morgan fingerprint density at radius 2 is 2.10 bits per heavy atom. The third-order valence-corrected chi connectivity index (χ3v) is 4.59. The van der Waals surface area contributed by atoms with E-state index in [9.17, 15) is 4.79 Å². The first kappa shape index (κ1) is 12.3. The minimum Gasteiger partial charge on any atom is -0.298 e. The average Bonchev–Trinajstić information content (AvgIpc) is 3.04. The largest absolute Gasteiger partial charge is 0.298 e. The predicted molar refractivity (Wildman–Crippen MR) is 86.1 cm³/mol. The minimum absolute atomic E-state index is 0.700. The van der Waals surface area contributed by atoms with Gasteiger partial charge in [0, 0.05) is 17.3 Å². The average molecular weight is 292 g/mol. The number of aryl methyl sites for hydroxylation is 1. The number of carbonyl (C=O) groups is 1. The second kappa shape index (κ2) is 4.53. The van der Waals surface area contributed by atoms with E-state index >= 15 is 0 Å². The van der Waals surface area contributed by atoms with E-state index in [0.717, 1.165) is 32.7 Å². The first-order chi connectivity index (χ1) is 10.2. The van der Waals surface area contributed by atoms with Crippen LogP contribution in [0, 0.1) is 6.92 Å². The van der Waals surface area contributed by atoms with Crippen LogP contribution in [0.4, 0.5) is 0 Å². The number of aldehydes is 1. The molecule has 2 heterocycles. The molecule has 0 aliphatic rings. The monoisotopic (exact) mass is 292 g/mol. The van der Waals surface area contributed by atoms with Gasteiger partial charge in [0.1, 0.15) is 6.29 Å². The van der Waals surface area contributed by atoms with Crippen LogP contribution in [0.15, 0.2) is 48.7 Å². The number of thiazole rings is 1. The molecule has 0 saturated carbocycles. The zero-order valence-electron chi connectivity index (χ0n) is 11.4. The molecule has 2 aromatic carbocycles. The Hall–Kier alpha value is -2.46. The summed E-state index contributed by atoms with van der Waals surface area (Å²) in [6.45, 7) is 2.08. The van der Waals surface area contributed by atoms with Crippen LogP contribution in [-0.2, 0) is 0 Å². The third kappa shape index (κ3) is 1.96. The molecular weight excluding hydrogens is 280 g/mol. The number of hydrogen-bond acceptors (Lipinski definition) is 3. The van der Waals surface area contributed by atoms with E-state index < -0.39 is 0 Å². The number of aromatic nitrogens is 2. The van der Waals surface area contributed by atoms with Crippen molar-refractivity contribution >= 4 is 32.8 Å². The number of imidazole rings is 1. The summed E-state index contributed by atoms with van der Waals surface area (Å²) in [4.78, 5) is 16.5. The smallest absolute Gasteiger partial charge is 0.195 e. The topological polar surface area (TPSA) is 34.4 Å². The first-order valence-electron chi connectivity index (χ1n) is 6.68.